The summed E-state index contributed by atoms with van der Waals surface area (Å²) in [5.74, 6) is -1.77. The monoisotopic (exact) mass is 390 g/mol. The number of carboxylic acids is 1. The van der Waals surface area contributed by atoms with Crippen LogP contribution in [0.4, 0.5) is 0 Å². The van der Waals surface area contributed by atoms with Gasteiger partial charge in [-0.25, -0.2) is 17.5 Å². The van der Waals surface area contributed by atoms with E-state index in [1.54, 1.807) is 0 Å². The molecule has 0 aromatic rings. The van der Waals surface area contributed by atoms with Crippen molar-refractivity contribution in [3.05, 3.63) is 0 Å². The van der Waals surface area contributed by atoms with Crippen LogP contribution in [-0.2, 0) is 24.3 Å². The number of aliphatic carboxylic acids is 1. The summed E-state index contributed by atoms with van der Waals surface area (Å²) in [6.07, 6.45) is 3.80. The average Bonchev–Trinajstić information content (AvgIpc) is 2.65. The standard InChI is InChI=1S/C17H30N2O6S/c1-2-3-11-26(23,24)19-8-6-13(7-9-19)16(20)18-15(17(21)22)14-5-4-10-25-12-14/h13-15H,2-12H2,1H3,(H,18,20)(H,21,22). The number of piperidine rings is 1. The molecule has 8 nitrogen and oxygen atoms in total. The van der Waals surface area contributed by atoms with Gasteiger partial charge >= 0.3 is 5.97 Å². The number of nitrogens with one attached hydrogen (secondary N) is 1. The Morgan fingerprint density at radius 1 is 1.27 bits per heavy atom. The molecule has 26 heavy (non-hydrogen) atoms. The summed E-state index contributed by atoms with van der Waals surface area (Å²) in [4.78, 5) is 24.0. The van der Waals surface area contributed by atoms with Gasteiger partial charge in [0, 0.05) is 31.5 Å². The molecule has 2 fully saturated rings. The number of ether oxygens (including phenoxy) is 1. The lowest BCUT2D eigenvalue weighted by atomic mass is 9.91. The van der Waals surface area contributed by atoms with Gasteiger partial charge in [-0.1, -0.05) is 13.3 Å². The highest BCUT2D eigenvalue weighted by Gasteiger charge is 2.35. The molecule has 150 valence electrons. The van der Waals surface area contributed by atoms with Gasteiger partial charge in [0.25, 0.3) is 0 Å². The average molecular weight is 391 g/mol. The molecule has 2 atom stereocenters. The third-order valence-electron chi connectivity index (χ3n) is 5.20. The molecule has 2 saturated heterocycles. The molecule has 2 aliphatic heterocycles. The van der Waals surface area contributed by atoms with Crippen LogP contribution in [0.3, 0.4) is 0 Å². The molecule has 0 radical (unpaired) electrons. The zero-order chi connectivity index (χ0) is 19.2. The van der Waals surface area contributed by atoms with Gasteiger partial charge in [0.15, 0.2) is 0 Å². The molecule has 0 spiro atoms. The number of rotatable bonds is 8. The second-order valence-corrected chi connectivity index (χ2v) is 9.23. The number of unbranched alkanes of at least 4 members (excludes halogenated alkanes) is 1. The molecule has 0 saturated carbocycles. The van der Waals surface area contributed by atoms with Crippen molar-refractivity contribution in [1.29, 1.82) is 0 Å². The van der Waals surface area contributed by atoms with Crippen molar-refractivity contribution in [2.75, 3.05) is 32.1 Å². The van der Waals surface area contributed by atoms with E-state index in [-0.39, 0.29) is 23.5 Å². The molecule has 1 amide bonds. The highest BCUT2D eigenvalue weighted by atomic mass is 32.2. The molecule has 9 heteroatoms. The number of carboxylic acid groups (broad SMARTS) is 1. The van der Waals surface area contributed by atoms with E-state index in [9.17, 15) is 23.1 Å². The first-order valence-corrected chi connectivity index (χ1v) is 11.0. The Labute approximate surface area is 155 Å². The summed E-state index contributed by atoms with van der Waals surface area (Å²) < 4.78 is 31.2. The molecular formula is C17H30N2O6S. The van der Waals surface area contributed by atoms with E-state index >= 15 is 0 Å². The first kappa shape index (κ1) is 21.1. The van der Waals surface area contributed by atoms with Gasteiger partial charge in [-0.05, 0) is 32.1 Å². The number of hydrogen-bond acceptors (Lipinski definition) is 5. The first-order valence-electron chi connectivity index (χ1n) is 9.44. The molecule has 0 bridgehead atoms. The van der Waals surface area contributed by atoms with Crippen molar-refractivity contribution < 1.29 is 27.9 Å². The maximum atomic E-state index is 12.5. The topological polar surface area (TPSA) is 113 Å². The van der Waals surface area contributed by atoms with E-state index in [4.69, 9.17) is 4.74 Å². The minimum Gasteiger partial charge on any atom is -0.480 e. The number of sulfonamides is 1. The molecule has 2 N–H and O–H groups in total. The van der Waals surface area contributed by atoms with Crippen LogP contribution < -0.4 is 5.32 Å². The summed E-state index contributed by atoms with van der Waals surface area (Å²) in [7, 11) is -3.26. The molecule has 0 aliphatic carbocycles. The van der Waals surface area contributed by atoms with E-state index < -0.39 is 22.0 Å². The lowest BCUT2D eigenvalue weighted by Crippen LogP contribution is -2.51. The summed E-state index contributed by atoms with van der Waals surface area (Å²) in [6.45, 7) is 3.54. The van der Waals surface area contributed by atoms with E-state index in [0.717, 1.165) is 12.8 Å². The SMILES string of the molecule is CCCCS(=O)(=O)N1CCC(C(=O)NC(C(=O)O)C2CCCOC2)CC1. The fraction of sp³-hybridized carbons (Fsp3) is 0.882. The van der Waals surface area contributed by atoms with Crippen LogP contribution in [0, 0.1) is 11.8 Å². The third-order valence-corrected chi connectivity index (χ3v) is 7.16. The number of nitrogens with zero attached hydrogens (tertiary/aromatic N) is 1. The smallest absolute Gasteiger partial charge is 0.326 e. The Bertz CT molecular complexity index is 580. The quantitative estimate of drug-likeness (QED) is 0.635. The summed E-state index contributed by atoms with van der Waals surface area (Å²) in [6, 6.07) is -0.950. The van der Waals surface area contributed by atoms with Crippen molar-refractivity contribution >= 4 is 21.9 Å². The maximum absolute atomic E-state index is 12.5. The van der Waals surface area contributed by atoms with E-state index in [1.165, 1.54) is 4.31 Å². The highest BCUT2D eigenvalue weighted by molar-refractivity contribution is 7.89. The van der Waals surface area contributed by atoms with Gasteiger partial charge in [0.2, 0.25) is 15.9 Å². The van der Waals surface area contributed by atoms with Gasteiger partial charge < -0.3 is 15.2 Å². The normalized spacial score (nSPS) is 24.1. The molecule has 0 aromatic carbocycles. The molecule has 2 rings (SSSR count). The fourth-order valence-corrected chi connectivity index (χ4v) is 5.21. The molecule has 0 aromatic heterocycles. The highest BCUT2D eigenvalue weighted by Crippen LogP contribution is 2.23. The summed E-state index contributed by atoms with van der Waals surface area (Å²) >= 11 is 0. The second kappa shape index (κ2) is 9.66. The Balaban J connectivity index is 1.87. The van der Waals surface area contributed by atoms with Gasteiger partial charge in [-0.15, -0.1) is 0 Å². The van der Waals surface area contributed by atoms with E-state index in [1.807, 2.05) is 6.92 Å². The molecule has 2 unspecified atom stereocenters. The van der Waals surface area contributed by atoms with Crippen molar-refractivity contribution in [3.8, 4) is 0 Å². The minimum atomic E-state index is -3.26. The Morgan fingerprint density at radius 3 is 2.50 bits per heavy atom. The number of hydrogen-bond donors (Lipinski definition) is 2. The zero-order valence-corrected chi connectivity index (χ0v) is 16.2. The Morgan fingerprint density at radius 2 is 1.96 bits per heavy atom. The largest absolute Gasteiger partial charge is 0.480 e. The number of amides is 1. The molecule has 2 aliphatic rings. The second-order valence-electron chi connectivity index (χ2n) is 7.14. The van der Waals surface area contributed by atoms with Crippen molar-refractivity contribution in [2.45, 2.75) is 51.5 Å². The van der Waals surface area contributed by atoms with E-state index in [0.29, 0.717) is 52.0 Å². The van der Waals surface area contributed by atoms with Gasteiger partial charge in [-0.3, -0.25) is 4.79 Å². The van der Waals surface area contributed by atoms with Crippen LogP contribution in [-0.4, -0.2) is 67.8 Å². The van der Waals surface area contributed by atoms with Gasteiger partial charge in [-0.2, -0.15) is 0 Å². The maximum Gasteiger partial charge on any atom is 0.326 e. The molecular weight excluding hydrogens is 360 g/mol. The third kappa shape index (κ3) is 5.65. The van der Waals surface area contributed by atoms with Crippen LogP contribution in [0.15, 0.2) is 0 Å². The molecule has 2 heterocycles. The van der Waals surface area contributed by atoms with Crippen LogP contribution in [0.2, 0.25) is 0 Å². The lowest BCUT2D eigenvalue weighted by molar-refractivity contribution is -0.146. The number of carbonyl (C=O) groups is 2. The lowest BCUT2D eigenvalue weighted by Gasteiger charge is -2.33. The number of carbonyl (C=O) groups excluding carboxylic acids is 1. The summed E-state index contributed by atoms with van der Waals surface area (Å²) in [5, 5.41) is 12.1. The Kier molecular flexibility index (Phi) is 7.85. The van der Waals surface area contributed by atoms with Gasteiger partial charge in [0.05, 0.1) is 12.4 Å². The first-order chi connectivity index (χ1) is 12.3. The fourth-order valence-electron chi connectivity index (χ4n) is 3.53. The minimum absolute atomic E-state index is 0.142. The van der Waals surface area contributed by atoms with Crippen LogP contribution in [0.1, 0.15) is 45.4 Å². The predicted octanol–water partition coefficient (Wildman–Crippen LogP) is 0.824. The van der Waals surface area contributed by atoms with Crippen molar-refractivity contribution in [1.82, 2.24) is 9.62 Å². The van der Waals surface area contributed by atoms with Crippen LogP contribution in [0.25, 0.3) is 0 Å². The van der Waals surface area contributed by atoms with Gasteiger partial charge in [0.1, 0.15) is 6.04 Å². The van der Waals surface area contributed by atoms with Crippen molar-refractivity contribution in [2.24, 2.45) is 11.8 Å². The van der Waals surface area contributed by atoms with Crippen LogP contribution >= 0.6 is 0 Å². The Hall–Kier alpha value is -1.19. The summed E-state index contributed by atoms with van der Waals surface area (Å²) in [5.41, 5.74) is 0. The van der Waals surface area contributed by atoms with Crippen LogP contribution in [0.5, 0.6) is 0 Å². The predicted molar refractivity (Wildman–Crippen MR) is 96.1 cm³/mol. The zero-order valence-electron chi connectivity index (χ0n) is 15.4. The van der Waals surface area contributed by atoms with Crippen molar-refractivity contribution in [3.63, 3.8) is 0 Å². The van der Waals surface area contributed by atoms with E-state index in [2.05, 4.69) is 5.32 Å².